The largest absolute Gasteiger partial charge is 0.399 e. The van der Waals surface area contributed by atoms with Crippen LogP contribution in [0.2, 0.25) is 0 Å². The molecule has 0 bridgehead atoms. The number of carbonyl (C=O) groups excluding carboxylic acids is 1. The lowest BCUT2D eigenvalue weighted by Crippen LogP contribution is -2.32. The molecule has 0 heterocycles. The quantitative estimate of drug-likeness (QED) is 0.702. The Labute approximate surface area is 102 Å². The number of benzene rings is 1. The van der Waals surface area contributed by atoms with Crippen LogP contribution in [-0.2, 0) is 0 Å². The molecule has 0 radical (unpaired) electrons. The minimum absolute atomic E-state index is 0.150. The number of nitrogens with two attached hydrogens (primary N) is 1. The van der Waals surface area contributed by atoms with Gasteiger partial charge in [0.05, 0.1) is 0 Å². The Morgan fingerprint density at radius 1 is 1.35 bits per heavy atom. The van der Waals surface area contributed by atoms with Gasteiger partial charge in [0.2, 0.25) is 0 Å². The lowest BCUT2D eigenvalue weighted by Gasteiger charge is -2.11. The van der Waals surface area contributed by atoms with Crippen LogP contribution < -0.4 is 16.4 Å². The van der Waals surface area contributed by atoms with E-state index in [0.29, 0.717) is 11.6 Å². The standard InChI is InChI=1S/C13H19N3O/c14-11-6-3-7-12(8-11)16-13(17)15-9-10-4-1-2-5-10/h3,6-8,10H,1-2,4-5,9,14H2,(H2,15,16,17). The minimum Gasteiger partial charge on any atom is -0.399 e. The van der Waals surface area contributed by atoms with Crippen LogP contribution in [0.4, 0.5) is 16.2 Å². The second-order valence-electron chi connectivity index (χ2n) is 4.61. The minimum atomic E-state index is -0.150. The Morgan fingerprint density at radius 2 is 2.12 bits per heavy atom. The SMILES string of the molecule is Nc1cccc(NC(=O)NCC2CCCC2)c1. The first-order valence-electron chi connectivity index (χ1n) is 6.14. The summed E-state index contributed by atoms with van der Waals surface area (Å²) in [5.41, 5.74) is 7.02. The Balaban J connectivity index is 1.76. The van der Waals surface area contributed by atoms with Gasteiger partial charge in [-0.05, 0) is 37.0 Å². The molecule has 0 aliphatic heterocycles. The van der Waals surface area contributed by atoms with E-state index in [4.69, 9.17) is 5.73 Å². The van der Waals surface area contributed by atoms with E-state index in [1.807, 2.05) is 12.1 Å². The summed E-state index contributed by atoms with van der Waals surface area (Å²) in [6, 6.07) is 7.03. The predicted octanol–water partition coefficient (Wildman–Crippen LogP) is 2.58. The summed E-state index contributed by atoms with van der Waals surface area (Å²) in [6.45, 7) is 0.772. The molecule has 2 rings (SSSR count). The van der Waals surface area contributed by atoms with Gasteiger partial charge in [-0.15, -0.1) is 0 Å². The molecule has 2 amide bonds. The number of hydrogen-bond acceptors (Lipinski definition) is 2. The van der Waals surface area contributed by atoms with Gasteiger partial charge in [-0.2, -0.15) is 0 Å². The fourth-order valence-corrected chi connectivity index (χ4v) is 2.24. The van der Waals surface area contributed by atoms with Gasteiger partial charge in [0.1, 0.15) is 0 Å². The van der Waals surface area contributed by atoms with Crippen molar-refractivity contribution in [1.29, 1.82) is 0 Å². The molecule has 1 aliphatic rings. The third-order valence-corrected chi connectivity index (χ3v) is 3.17. The third-order valence-electron chi connectivity index (χ3n) is 3.17. The summed E-state index contributed by atoms with van der Waals surface area (Å²) in [5, 5.41) is 5.68. The summed E-state index contributed by atoms with van der Waals surface area (Å²) in [5.74, 6) is 0.654. The molecule has 1 aliphatic carbocycles. The average Bonchev–Trinajstić information content (AvgIpc) is 2.79. The summed E-state index contributed by atoms with van der Waals surface area (Å²) < 4.78 is 0. The predicted molar refractivity (Wildman–Crippen MR) is 69.8 cm³/mol. The van der Waals surface area contributed by atoms with Crippen molar-refractivity contribution in [3.05, 3.63) is 24.3 Å². The second-order valence-corrected chi connectivity index (χ2v) is 4.61. The molecule has 1 fully saturated rings. The molecule has 4 nitrogen and oxygen atoms in total. The molecule has 1 aromatic rings. The van der Waals surface area contributed by atoms with Gasteiger partial charge in [0.25, 0.3) is 0 Å². The van der Waals surface area contributed by atoms with Crippen molar-refractivity contribution in [3.63, 3.8) is 0 Å². The highest BCUT2D eigenvalue weighted by atomic mass is 16.2. The van der Waals surface area contributed by atoms with Crippen LogP contribution >= 0.6 is 0 Å². The lowest BCUT2D eigenvalue weighted by molar-refractivity contribution is 0.250. The van der Waals surface area contributed by atoms with Gasteiger partial charge in [0, 0.05) is 17.9 Å². The average molecular weight is 233 g/mol. The van der Waals surface area contributed by atoms with E-state index >= 15 is 0 Å². The van der Waals surface area contributed by atoms with Crippen LogP contribution in [0.15, 0.2) is 24.3 Å². The topological polar surface area (TPSA) is 67.1 Å². The number of nitrogen functional groups attached to an aromatic ring is 1. The zero-order valence-corrected chi connectivity index (χ0v) is 9.91. The van der Waals surface area contributed by atoms with Crippen LogP contribution in [0.25, 0.3) is 0 Å². The maximum absolute atomic E-state index is 11.6. The first kappa shape index (κ1) is 11.8. The van der Waals surface area contributed by atoms with Crippen molar-refractivity contribution in [2.75, 3.05) is 17.6 Å². The van der Waals surface area contributed by atoms with Gasteiger partial charge in [-0.3, -0.25) is 0 Å². The molecule has 0 atom stereocenters. The number of urea groups is 1. The summed E-state index contributed by atoms with van der Waals surface area (Å²) in [7, 11) is 0. The number of rotatable bonds is 3. The summed E-state index contributed by atoms with van der Waals surface area (Å²) >= 11 is 0. The molecule has 4 N–H and O–H groups in total. The molecule has 4 heteroatoms. The van der Waals surface area contributed by atoms with Gasteiger partial charge in [-0.1, -0.05) is 18.9 Å². The monoisotopic (exact) mass is 233 g/mol. The highest BCUT2D eigenvalue weighted by molar-refractivity contribution is 5.89. The van der Waals surface area contributed by atoms with Crippen molar-refractivity contribution in [3.8, 4) is 0 Å². The van der Waals surface area contributed by atoms with Crippen LogP contribution in [0.3, 0.4) is 0 Å². The van der Waals surface area contributed by atoms with Gasteiger partial charge in [0.15, 0.2) is 0 Å². The van der Waals surface area contributed by atoms with E-state index in [0.717, 1.165) is 12.2 Å². The highest BCUT2D eigenvalue weighted by Crippen LogP contribution is 2.23. The fourth-order valence-electron chi connectivity index (χ4n) is 2.24. The smallest absolute Gasteiger partial charge is 0.319 e. The number of anilines is 2. The van der Waals surface area contributed by atoms with E-state index in [1.165, 1.54) is 25.7 Å². The number of amides is 2. The molecule has 92 valence electrons. The number of carbonyl (C=O) groups is 1. The van der Waals surface area contributed by atoms with Gasteiger partial charge in [-0.25, -0.2) is 4.79 Å². The zero-order chi connectivity index (χ0) is 12.1. The van der Waals surface area contributed by atoms with E-state index in [2.05, 4.69) is 10.6 Å². The Morgan fingerprint density at radius 3 is 2.82 bits per heavy atom. The molecule has 0 spiro atoms. The van der Waals surface area contributed by atoms with Crippen LogP contribution in [-0.4, -0.2) is 12.6 Å². The summed E-state index contributed by atoms with van der Waals surface area (Å²) in [4.78, 5) is 11.6. The van der Waals surface area contributed by atoms with E-state index in [1.54, 1.807) is 12.1 Å². The van der Waals surface area contributed by atoms with Crippen molar-refractivity contribution in [2.24, 2.45) is 5.92 Å². The van der Waals surface area contributed by atoms with E-state index in [-0.39, 0.29) is 6.03 Å². The van der Waals surface area contributed by atoms with Crippen LogP contribution in [0, 0.1) is 5.92 Å². The molecule has 1 aromatic carbocycles. The Kier molecular flexibility index (Phi) is 3.85. The Bertz CT molecular complexity index is 386. The van der Waals surface area contributed by atoms with Crippen LogP contribution in [0.1, 0.15) is 25.7 Å². The molecule has 0 saturated heterocycles. The highest BCUT2D eigenvalue weighted by Gasteiger charge is 2.15. The Hall–Kier alpha value is -1.71. The number of nitrogens with one attached hydrogen (secondary N) is 2. The maximum Gasteiger partial charge on any atom is 0.319 e. The maximum atomic E-state index is 11.6. The zero-order valence-electron chi connectivity index (χ0n) is 9.91. The first-order chi connectivity index (χ1) is 8.24. The first-order valence-corrected chi connectivity index (χ1v) is 6.14. The van der Waals surface area contributed by atoms with Crippen molar-refractivity contribution in [2.45, 2.75) is 25.7 Å². The molecule has 1 saturated carbocycles. The molecular weight excluding hydrogens is 214 g/mol. The van der Waals surface area contributed by atoms with Crippen molar-refractivity contribution >= 4 is 17.4 Å². The lowest BCUT2D eigenvalue weighted by atomic mass is 10.1. The molecular formula is C13H19N3O. The van der Waals surface area contributed by atoms with E-state index in [9.17, 15) is 4.79 Å². The number of hydrogen-bond donors (Lipinski definition) is 3. The van der Waals surface area contributed by atoms with Crippen LogP contribution in [0.5, 0.6) is 0 Å². The van der Waals surface area contributed by atoms with E-state index < -0.39 is 0 Å². The second kappa shape index (κ2) is 5.57. The molecule has 0 unspecified atom stereocenters. The fraction of sp³-hybridized carbons (Fsp3) is 0.462. The summed E-state index contributed by atoms with van der Waals surface area (Å²) in [6.07, 6.45) is 5.06. The third kappa shape index (κ3) is 3.66. The van der Waals surface area contributed by atoms with Crippen molar-refractivity contribution in [1.82, 2.24) is 5.32 Å². The van der Waals surface area contributed by atoms with Gasteiger partial charge >= 0.3 is 6.03 Å². The molecule has 17 heavy (non-hydrogen) atoms. The molecule has 0 aromatic heterocycles. The van der Waals surface area contributed by atoms with Gasteiger partial charge < -0.3 is 16.4 Å². The van der Waals surface area contributed by atoms with Crippen molar-refractivity contribution < 1.29 is 4.79 Å². The normalized spacial score (nSPS) is 15.8.